The van der Waals surface area contributed by atoms with Crippen molar-refractivity contribution in [3.63, 3.8) is 0 Å². The Morgan fingerprint density at radius 1 is 1.20 bits per heavy atom. The second kappa shape index (κ2) is 6.90. The summed E-state index contributed by atoms with van der Waals surface area (Å²) in [6.45, 7) is 4.19. The number of benzene rings is 1. The first kappa shape index (κ1) is 17.3. The van der Waals surface area contributed by atoms with E-state index in [9.17, 15) is 4.79 Å². The number of hydrogen-bond donors (Lipinski definition) is 2. The smallest absolute Gasteiger partial charge is 0.223 e. The molecule has 2 N–H and O–H groups in total. The number of carbonyl (C=O) groups is 1. The third-order valence-corrected chi connectivity index (χ3v) is 6.93. The van der Waals surface area contributed by atoms with Crippen LogP contribution in [0, 0.1) is 11.3 Å². The normalized spacial score (nSPS) is 27.0. The van der Waals surface area contributed by atoms with Crippen molar-refractivity contribution < 1.29 is 9.53 Å². The van der Waals surface area contributed by atoms with E-state index in [1.807, 2.05) is 18.2 Å². The van der Waals surface area contributed by atoms with Gasteiger partial charge in [-0.3, -0.25) is 4.79 Å². The molecule has 0 aromatic heterocycles. The van der Waals surface area contributed by atoms with E-state index in [4.69, 9.17) is 16.3 Å². The Balaban J connectivity index is 1.45. The van der Waals surface area contributed by atoms with Crippen molar-refractivity contribution in [2.45, 2.75) is 37.5 Å². The van der Waals surface area contributed by atoms with Crippen LogP contribution < -0.4 is 10.6 Å². The third kappa shape index (κ3) is 3.32. The zero-order chi connectivity index (χ0) is 17.3. The van der Waals surface area contributed by atoms with Crippen LogP contribution in [0.3, 0.4) is 0 Å². The standard InChI is InChI=1S/C20H27ClN2O2/c21-17-4-2-1-3-15(17)20(7-11-25-12-8-20)14-23-18(24)16-13-19(16)5-9-22-10-6-19/h1-4,16,22H,5-14H2,(H,23,24). The number of carbonyl (C=O) groups excluding carboxylic acids is 1. The molecule has 4 rings (SSSR count). The fraction of sp³-hybridized carbons (Fsp3) is 0.650. The van der Waals surface area contributed by atoms with Gasteiger partial charge in [0, 0.05) is 36.1 Å². The van der Waals surface area contributed by atoms with Crippen LogP contribution in [0.4, 0.5) is 0 Å². The molecule has 1 unspecified atom stereocenters. The summed E-state index contributed by atoms with van der Waals surface area (Å²) in [4.78, 5) is 12.8. The Bertz CT molecular complexity index is 636. The molecule has 0 radical (unpaired) electrons. The van der Waals surface area contributed by atoms with Crippen LogP contribution in [0.5, 0.6) is 0 Å². The Morgan fingerprint density at radius 2 is 1.92 bits per heavy atom. The number of amides is 1. The van der Waals surface area contributed by atoms with Crippen molar-refractivity contribution in [2.24, 2.45) is 11.3 Å². The summed E-state index contributed by atoms with van der Waals surface area (Å²) in [5.74, 6) is 0.442. The van der Waals surface area contributed by atoms with Gasteiger partial charge >= 0.3 is 0 Å². The molecule has 25 heavy (non-hydrogen) atoms. The van der Waals surface area contributed by atoms with E-state index in [0.717, 1.165) is 69.0 Å². The molecule has 0 bridgehead atoms. The van der Waals surface area contributed by atoms with Crippen LogP contribution in [0.2, 0.25) is 5.02 Å². The Hall–Kier alpha value is -1.10. The Kier molecular flexibility index (Phi) is 4.78. The molecule has 1 aromatic rings. The molecule has 3 fully saturated rings. The van der Waals surface area contributed by atoms with E-state index < -0.39 is 0 Å². The quantitative estimate of drug-likeness (QED) is 0.865. The maximum Gasteiger partial charge on any atom is 0.223 e. The van der Waals surface area contributed by atoms with Gasteiger partial charge in [0.05, 0.1) is 0 Å². The lowest BCUT2D eigenvalue weighted by molar-refractivity contribution is -0.123. The molecule has 136 valence electrons. The number of rotatable bonds is 4. The maximum absolute atomic E-state index is 12.8. The van der Waals surface area contributed by atoms with E-state index in [2.05, 4.69) is 16.7 Å². The van der Waals surface area contributed by atoms with Crippen LogP contribution in [0.15, 0.2) is 24.3 Å². The van der Waals surface area contributed by atoms with Gasteiger partial charge in [-0.25, -0.2) is 0 Å². The third-order valence-electron chi connectivity index (χ3n) is 6.60. The average molecular weight is 363 g/mol. The SMILES string of the molecule is O=C(NCC1(c2ccccc2Cl)CCOCC1)C1CC12CCNCC2. The topological polar surface area (TPSA) is 50.4 Å². The average Bonchev–Trinajstić information content (AvgIpc) is 3.34. The van der Waals surface area contributed by atoms with E-state index in [1.165, 1.54) is 0 Å². The second-order valence-corrected chi connectivity index (χ2v) is 8.37. The molecule has 2 heterocycles. The Morgan fingerprint density at radius 3 is 2.64 bits per heavy atom. The summed E-state index contributed by atoms with van der Waals surface area (Å²) in [6.07, 6.45) is 5.12. The van der Waals surface area contributed by atoms with E-state index in [0.29, 0.717) is 6.54 Å². The van der Waals surface area contributed by atoms with Gasteiger partial charge in [0.25, 0.3) is 0 Å². The summed E-state index contributed by atoms with van der Waals surface area (Å²) in [5.41, 5.74) is 1.32. The molecule has 5 heteroatoms. The van der Waals surface area contributed by atoms with Gasteiger partial charge in [0.1, 0.15) is 0 Å². The van der Waals surface area contributed by atoms with Gasteiger partial charge in [-0.1, -0.05) is 29.8 Å². The minimum Gasteiger partial charge on any atom is -0.381 e. The first-order valence-electron chi connectivity index (χ1n) is 9.47. The lowest BCUT2D eigenvalue weighted by Crippen LogP contribution is -2.45. The minimum atomic E-state index is -0.109. The van der Waals surface area contributed by atoms with Crippen molar-refractivity contribution in [1.29, 1.82) is 0 Å². The molecule has 2 aliphatic heterocycles. The van der Waals surface area contributed by atoms with Crippen molar-refractivity contribution in [1.82, 2.24) is 10.6 Å². The highest BCUT2D eigenvalue weighted by molar-refractivity contribution is 6.31. The molecule has 1 atom stereocenters. The molecule has 1 spiro atoms. The van der Waals surface area contributed by atoms with Crippen molar-refractivity contribution >= 4 is 17.5 Å². The molecule has 4 nitrogen and oxygen atoms in total. The number of hydrogen-bond acceptors (Lipinski definition) is 3. The number of halogens is 1. The number of piperidine rings is 1. The summed E-state index contributed by atoms with van der Waals surface area (Å²) >= 11 is 6.49. The monoisotopic (exact) mass is 362 g/mol. The zero-order valence-corrected chi connectivity index (χ0v) is 15.4. The summed E-state index contributed by atoms with van der Waals surface area (Å²) in [5, 5.41) is 7.47. The van der Waals surface area contributed by atoms with Gasteiger partial charge in [0.2, 0.25) is 5.91 Å². The van der Waals surface area contributed by atoms with Crippen LogP contribution >= 0.6 is 11.6 Å². The fourth-order valence-electron chi connectivity index (χ4n) is 4.77. The zero-order valence-electron chi connectivity index (χ0n) is 14.7. The van der Waals surface area contributed by atoms with Crippen LogP contribution in [0.25, 0.3) is 0 Å². The predicted octanol–water partition coefficient (Wildman–Crippen LogP) is 2.89. The number of ether oxygens (including phenoxy) is 1. The summed E-state index contributed by atoms with van der Waals surface area (Å²) < 4.78 is 5.58. The lowest BCUT2D eigenvalue weighted by atomic mass is 9.74. The molecular formula is C20H27ClN2O2. The highest BCUT2D eigenvalue weighted by Gasteiger charge is 2.57. The molecular weight excluding hydrogens is 336 g/mol. The fourth-order valence-corrected chi connectivity index (χ4v) is 5.11. The van der Waals surface area contributed by atoms with Crippen LogP contribution in [-0.2, 0) is 14.9 Å². The predicted molar refractivity (Wildman–Crippen MR) is 98.8 cm³/mol. The lowest BCUT2D eigenvalue weighted by Gasteiger charge is -2.38. The van der Waals surface area contributed by atoms with Crippen LogP contribution in [-0.4, -0.2) is 38.8 Å². The van der Waals surface area contributed by atoms with E-state index in [-0.39, 0.29) is 22.7 Å². The van der Waals surface area contributed by atoms with Gasteiger partial charge < -0.3 is 15.4 Å². The van der Waals surface area contributed by atoms with Gasteiger partial charge in [-0.2, -0.15) is 0 Å². The molecule has 1 aliphatic carbocycles. The maximum atomic E-state index is 12.8. The van der Waals surface area contributed by atoms with Gasteiger partial charge in [-0.05, 0) is 62.2 Å². The van der Waals surface area contributed by atoms with Gasteiger partial charge in [0.15, 0.2) is 0 Å². The molecule has 1 amide bonds. The molecule has 1 saturated carbocycles. The van der Waals surface area contributed by atoms with E-state index in [1.54, 1.807) is 0 Å². The molecule has 2 saturated heterocycles. The Labute approximate surface area is 154 Å². The van der Waals surface area contributed by atoms with Crippen molar-refractivity contribution in [2.75, 3.05) is 32.8 Å². The van der Waals surface area contributed by atoms with Crippen molar-refractivity contribution in [3.05, 3.63) is 34.9 Å². The van der Waals surface area contributed by atoms with Crippen molar-refractivity contribution in [3.8, 4) is 0 Å². The molecule has 1 aromatic carbocycles. The molecule has 3 aliphatic rings. The van der Waals surface area contributed by atoms with Gasteiger partial charge in [-0.15, -0.1) is 0 Å². The van der Waals surface area contributed by atoms with Crippen LogP contribution in [0.1, 0.15) is 37.7 Å². The summed E-state index contributed by atoms with van der Waals surface area (Å²) in [7, 11) is 0. The van der Waals surface area contributed by atoms with E-state index >= 15 is 0 Å². The minimum absolute atomic E-state index is 0.109. The first-order chi connectivity index (χ1) is 12.2. The number of nitrogens with one attached hydrogen (secondary N) is 2. The highest BCUT2D eigenvalue weighted by atomic mass is 35.5. The second-order valence-electron chi connectivity index (χ2n) is 7.96. The highest BCUT2D eigenvalue weighted by Crippen LogP contribution is 2.58. The first-order valence-corrected chi connectivity index (χ1v) is 9.84. The largest absolute Gasteiger partial charge is 0.381 e. The summed E-state index contributed by atoms with van der Waals surface area (Å²) in [6, 6.07) is 8.04.